The van der Waals surface area contributed by atoms with Crippen LogP contribution in [0.15, 0.2) is 24.3 Å². The van der Waals surface area contributed by atoms with Crippen molar-refractivity contribution in [1.29, 1.82) is 5.26 Å². The highest BCUT2D eigenvalue weighted by molar-refractivity contribution is 5.29. The fourth-order valence-corrected chi connectivity index (χ4v) is 1.98. The number of benzene rings is 1. The molecule has 1 unspecified atom stereocenters. The van der Waals surface area contributed by atoms with Crippen LogP contribution in [-0.2, 0) is 11.3 Å². The van der Waals surface area contributed by atoms with Crippen LogP contribution in [0.5, 0.6) is 0 Å². The Bertz CT molecular complexity index is 380. The van der Waals surface area contributed by atoms with E-state index < -0.39 is 0 Å². The molecular weight excluding hydrogens is 212 g/mol. The van der Waals surface area contributed by atoms with Crippen molar-refractivity contribution in [3.8, 4) is 6.07 Å². The fourth-order valence-electron chi connectivity index (χ4n) is 1.98. The van der Waals surface area contributed by atoms with Crippen molar-refractivity contribution in [1.82, 2.24) is 4.90 Å². The molecule has 0 bridgehead atoms. The highest BCUT2D eigenvalue weighted by Crippen LogP contribution is 2.20. The van der Waals surface area contributed by atoms with E-state index in [1.807, 2.05) is 18.2 Å². The van der Waals surface area contributed by atoms with E-state index >= 15 is 0 Å². The second-order valence-corrected chi connectivity index (χ2v) is 3.93. The van der Waals surface area contributed by atoms with E-state index in [4.69, 9.17) is 4.74 Å². The van der Waals surface area contributed by atoms with Gasteiger partial charge in [0, 0.05) is 7.11 Å². The van der Waals surface area contributed by atoms with E-state index in [1.54, 1.807) is 7.11 Å². The number of methoxy groups -OCH3 is 1. The summed E-state index contributed by atoms with van der Waals surface area (Å²) >= 11 is 0. The molecule has 17 heavy (non-hydrogen) atoms. The lowest BCUT2D eigenvalue weighted by Gasteiger charge is -2.24. The van der Waals surface area contributed by atoms with Crippen molar-refractivity contribution in [2.24, 2.45) is 0 Å². The maximum atomic E-state index is 9.31. The van der Waals surface area contributed by atoms with Gasteiger partial charge in [0.1, 0.15) is 6.04 Å². The largest absolute Gasteiger partial charge is 0.380 e. The van der Waals surface area contributed by atoms with Gasteiger partial charge in [0.2, 0.25) is 0 Å². The van der Waals surface area contributed by atoms with Gasteiger partial charge in [-0.2, -0.15) is 5.26 Å². The fraction of sp³-hybridized carbons (Fsp3) is 0.500. The van der Waals surface area contributed by atoms with Crippen molar-refractivity contribution >= 4 is 0 Å². The molecule has 0 fully saturated rings. The van der Waals surface area contributed by atoms with Gasteiger partial charge >= 0.3 is 0 Å². The molecule has 0 aliphatic rings. The molecule has 1 aromatic rings. The van der Waals surface area contributed by atoms with Crippen LogP contribution >= 0.6 is 0 Å². The number of hydrogen-bond donors (Lipinski definition) is 0. The van der Waals surface area contributed by atoms with Gasteiger partial charge in [0.25, 0.3) is 0 Å². The zero-order valence-corrected chi connectivity index (χ0v) is 10.8. The van der Waals surface area contributed by atoms with E-state index in [-0.39, 0.29) is 6.04 Å². The van der Waals surface area contributed by atoms with Crippen LogP contribution in [-0.4, -0.2) is 25.1 Å². The number of nitriles is 1. The van der Waals surface area contributed by atoms with E-state index in [9.17, 15) is 5.26 Å². The van der Waals surface area contributed by atoms with E-state index in [0.717, 1.165) is 24.2 Å². The van der Waals surface area contributed by atoms with Gasteiger partial charge in [-0.25, -0.2) is 0 Å². The van der Waals surface area contributed by atoms with Gasteiger partial charge in [0.05, 0.1) is 12.7 Å². The van der Waals surface area contributed by atoms with E-state index in [0.29, 0.717) is 6.61 Å². The molecule has 0 aliphatic heterocycles. The minimum absolute atomic E-state index is 0.165. The topological polar surface area (TPSA) is 36.3 Å². The Morgan fingerprint density at radius 1 is 1.35 bits per heavy atom. The van der Waals surface area contributed by atoms with Gasteiger partial charge in [-0.1, -0.05) is 38.1 Å². The van der Waals surface area contributed by atoms with Gasteiger partial charge in [-0.15, -0.1) is 0 Å². The van der Waals surface area contributed by atoms with Crippen molar-refractivity contribution in [2.45, 2.75) is 26.5 Å². The van der Waals surface area contributed by atoms with Gasteiger partial charge in [-0.3, -0.25) is 4.90 Å². The Hall–Kier alpha value is -1.37. The Labute approximate surface area is 104 Å². The van der Waals surface area contributed by atoms with Crippen molar-refractivity contribution in [3.05, 3.63) is 35.4 Å². The Kier molecular flexibility index (Phi) is 5.68. The lowest BCUT2D eigenvalue weighted by molar-refractivity contribution is 0.184. The molecule has 0 N–H and O–H groups in total. The molecule has 0 amide bonds. The number of nitrogens with zero attached hydrogens (tertiary/aromatic N) is 2. The second-order valence-electron chi connectivity index (χ2n) is 3.93. The third kappa shape index (κ3) is 3.55. The molecule has 0 heterocycles. The zero-order valence-electron chi connectivity index (χ0n) is 10.8. The first-order chi connectivity index (χ1) is 8.26. The predicted molar refractivity (Wildman–Crippen MR) is 68.4 cm³/mol. The third-order valence-electron chi connectivity index (χ3n) is 2.88. The van der Waals surface area contributed by atoms with Crippen molar-refractivity contribution < 1.29 is 4.74 Å². The Morgan fingerprint density at radius 3 is 2.59 bits per heavy atom. The minimum atomic E-state index is -0.165. The monoisotopic (exact) mass is 232 g/mol. The summed E-state index contributed by atoms with van der Waals surface area (Å²) in [6.45, 7) is 6.50. The summed E-state index contributed by atoms with van der Waals surface area (Å²) in [5.41, 5.74) is 2.16. The van der Waals surface area contributed by atoms with Crippen molar-refractivity contribution in [2.75, 3.05) is 20.2 Å². The first-order valence-electron chi connectivity index (χ1n) is 5.98. The molecule has 92 valence electrons. The molecule has 0 saturated carbocycles. The maximum absolute atomic E-state index is 9.31. The number of rotatable bonds is 6. The quantitative estimate of drug-likeness (QED) is 0.756. The van der Waals surface area contributed by atoms with Crippen LogP contribution < -0.4 is 0 Å². The molecule has 0 aromatic heterocycles. The first-order valence-corrected chi connectivity index (χ1v) is 5.98. The maximum Gasteiger partial charge on any atom is 0.123 e. The average molecular weight is 232 g/mol. The molecule has 1 atom stereocenters. The molecule has 0 aliphatic carbocycles. The molecule has 0 radical (unpaired) electrons. The predicted octanol–water partition coefficient (Wildman–Crippen LogP) is 2.74. The minimum Gasteiger partial charge on any atom is -0.380 e. The smallest absolute Gasteiger partial charge is 0.123 e. The van der Waals surface area contributed by atoms with Crippen LogP contribution in [0.1, 0.15) is 31.0 Å². The molecule has 0 saturated heterocycles. The Morgan fingerprint density at radius 2 is 2.06 bits per heavy atom. The van der Waals surface area contributed by atoms with Gasteiger partial charge < -0.3 is 4.74 Å². The van der Waals surface area contributed by atoms with Crippen LogP contribution in [0, 0.1) is 11.3 Å². The summed E-state index contributed by atoms with van der Waals surface area (Å²) in [6.07, 6.45) is 0. The second kappa shape index (κ2) is 7.05. The van der Waals surface area contributed by atoms with Crippen LogP contribution in [0.3, 0.4) is 0 Å². The SMILES string of the molecule is CCN(CC)C(C#N)c1cccc(COC)c1. The summed E-state index contributed by atoms with van der Waals surface area (Å²) in [5.74, 6) is 0. The summed E-state index contributed by atoms with van der Waals surface area (Å²) in [6, 6.07) is 10.3. The third-order valence-corrected chi connectivity index (χ3v) is 2.88. The molecular formula is C14H20N2O. The van der Waals surface area contributed by atoms with Gasteiger partial charge in [-0.05, 0) is 24.2 Å². The zero-order chi connectivity index (χ0) is 12.7. The highest BCUT2D eigenvalue weighted by atomic mass is 16.5. The normalized spacial score (nSPS) is 12.4. The van der Waals surface area contributed by atoms with Crippen LogP contribution in [0.25, 0.3) is 0 Å². The standard InChI is InChI=1S/C14H20N2O/c1-4-16(5-2)14(10-15)13-8-6-7-12(9-13)11-17-3/h6-9,14H,4-5,11H2,1-3H3. The highest BCUT2D eigenvalue weighted by Gasteiger charge is 2.17. The summed E-state index contributed by atoms with van der Waals surface area (Å²) in [7, 11) is 1.68. The molecule has 0 spiro atoms. The van der Waals surface area contributed by atoms with Crippen LogP contribution in [0.4, 0.5) is 0 Å². The summed E-state index contributed by atoms with van der Waals surface area (Å²) in [4.78, 5) is 2.14. The summed E-state index contributed by atoms with van der Waals surface area (Å²) < 4.78 is 5.11. The lowest BCUT2D eigenvalue weighted by Crippen LogP contribution is -2.27. The van der Waals surface area contributed by atoms with E-state index in [2.05, 4.69) is 30.9 Å². The lowest BCUT2D eigenvalue weighted by atomic mass is 10.0. The summed E-state index contributed by atoms with van der Waals surface area (Å²) in [5, 5.41) is 9.31. The van der Waals surface area contributed by atoms with Crippen LogP contribution in [0.2, 0.25) is 0 Å². The van der Waals surface area contributed by atoms with Crippen molar-refractivity contribution in [3.63, 3.8) is 0 Å². The first kappa shape index (κ1) is 13.7. The molecule has 3 nitrogen and oxygen atoms in total. The van der Waals surface area contributed by atoms with E-state index in [1.165, 1.54) is 0 Å². The average Bonchev–Trinajstić information content (AvgIpc) is 2.36. The van der Waals surface area contributed by atoms with Gasteiger partial charge in [0.15, 0.2) is 0 Å². The molecule has 1 rings (SSSR count). The number of ether oxygens (including phenoxy) is 1. The molecule has 3 heteroatoms. The number of hydrogen-bond acceptors (Lipinski definition) is 3. The Balaban J connectivity index is 2.95. The molecule has 1 aromatic carbocycles.